The molecule has 0 amide bonds. The van der Waals surface area contributed by atoms with Crippen LogP contribution in [0.5, 0.6) is 0 Å². The number of hydrogen-bond donors (Lipinski definition) is 1. The first-order valence-corrected chi connectivity index (χ1v) is 5.20. The van der Waals surface area contributed by atoms with Crippen LogP contribution in [0.15, 0.2) is 0 Å². The summed E-state index contributed by atoms with van der Waals surface area (Å²) < 4.78 is 0. The highest BCUT2D eigenvalue weighted by Crippen LogP contribution is 2.22. The van der Waals surface area contributed by atoms with E-state index in [1.807, 2.05) is 20.8 Å². The van der Waals surface area contributed by atoms with E-state index in [4.69, 9.17) is 10.4 Å². The van der Waals surface area contributed by atoms with Crippen molar-refractivity contribution >= 4 is 11.8 Å². The molecule has 1 unspecified atom stereocenters. The summed E-state index contributed by atoms with van der Waals surface area (Å²) in [5.41, 5.74) is -0.220. The van der Waals surface area contributed by atoms with E-state index in [1.165, 1.54) is 0 Å². The van der Waals surface area contributed by atoms with Gasteiger partial charge in [0.15, 0.2) is 0 Å². The molecule has 0 aliphatic heterocycles. The highest BCUT2D eigenvalue weighted by Gasteiger charge is 2.16. The Morgan fingerprint density at radius 2 is 2.17 bits per heavy atom. The van der Waals surface area contributed by atoms with Crippen molar-refractivity contribution in [2.75, 3.05) is 12.4 Å². The molecule has 70 valence electrons. The normalized spacial score (nSPS) is 13.9. The van der Waals surface area contributed by atoms with E-state index in [9.17, 15) is 0 Å². The smallest absolute Gasteiger partial charge is 0.0684 e. The number of nitrogens with zero attached hydrogens (tertiary/aromatic N) is 1. The van der Waals surface area contributed by atoms with Gasteiger partial charge in [-0.25, -0.2) is 0 Å². The van der Waals surface area contributed by atoms with Crippen LogP contribution < -0.4 is 0 Å². The summed E-state index contributed by atoms with van der Waals surface area (Å²) in [6, 6.07) is 2.26. The van der Waals surface area contributed by atoms with Crippen LogP contribution >= 0.6 is 11.8 Å². The Kier molecular flexibility index (Phi) is 5.36. The molecule has 0 radical (unpaired) electrons. The molecule has 0 heterocycles. The van der Waals surface area contributed by atoms with Crippen LogP contribution in [0.1, 0.15) is 27.2 Å². The van der Waals surface area contributed by atoms with Crippen molar-refractivity contribution in [3.63, 3.8) is 0 Å². The van der Waals surface area contributed by atoms with Crippen LogP contribution in [0.2, 0.25) is 0 Å². The maximum atomic E-state index is 8.74. The average molecular weight is 187 g/mol. The highest BCUT2D eigenvalue weighted by atomic mass is 32.2. The molecule has 0 bridgehead atoms. The molecule has 0 fully saturated rings. The Hall–Kier alpha value is -0.200. The molecule has 0 aromatic carbocycles. The van der Waals surface area contributed by atoms with Crippen LogP contribution in [-0.2, 0) is 0 Å². The van der Waals surface area contributed by atoms with E-state index < -0.39 is 0 Å². The maximum Gasteiger partial charge on any atom is 0.0684 e. The first kappa shape index (κ1) is 11.8. The Labute approximate surface area is 79.0 Å². The largest absolute Gasteiger partial charge is 0.395 e. The molecule has 0 aromatic heterocycles. The van der Waals surface area contributed by atoms with Crippen LogP contribution in [0.25, 0.3) is 0 Å². The van der Waals surface area contributed by atoms with E-state index in [2.05, 4.69) is 6.07 Å². The molecule has 1 N–H and O–H groups in total. The standard InChI is InChI=1S/C9H17NOS/c1-8(6-11)12-5-4-9(2,3)7-10/h8,11H,4-6H2,1-3H3. The van der Waals surface area contributed by atoms with E-state index in [0.717, 1.165) is 12.2 Å². The molecule has 1 atom stereocenters. The summed E-state index contributed by atoms with van der Waals surface area (Å²) >= 11 is 1.72. The van der Waals surface area contributed by atoms with E-state index in [0.29, 0.717) is 5.25 Å². The van der Waals surface area contributed by atoms with Crippen LogP contribution in [0.3, 0.4) is 0 Å². The lowest BCUT2D eigenvalue weighted by Gasteiger charge is -2.15. The zero-order chi connectivity index (χ0) is 9.61. The van der Waals surface area contributed by atoms with Gasteiger partial charge < -0.3 is 5.11 Å². The fourth-order valence-corrected chi connectivity index (χ4v) is 1.76. The van der Waals surface area contributed by atoms with Crippen molar-refractivity contribution in [2.24, 2.45) is 5.41 Å². The topological polar surface area (TPSA) is 44.0 Å². The molecule has 0 aromatic rings. The highest BCUT2D eigenvalue weighted by molar-refractivity contribution is 7.99. The summed E-state index contributed by atoms with van der Waals surface area (Å²) in [5.74, 6) is 0.947. The minimum atomic E-state index is -0.220. The van der Waals surface area contributed by atoms with Gasteiger partial charge in [-0.1, -0.05) is 6.92 Å². The van der Waals surface area contributed by atoms with Gasteiger partial charge in [0.05, 0.1) is 18.1 Å². The fraction of sp³-hybridized carbons (Fsp3) is 0.889. The zero-order valence-corrected chi connectivity index (χ0v) is 8.82. The van der Waals surface area contributed by atoms with Crippen LogP contribution in [0, 0.1) is 16.7 Å². The quantitative estimate of drug-likeness (QED) is 0.716. The van der Waals surface area contributed by atoms with Crippen molar-refractivity contribution in [3.8, 4) is 6.07 Å². The number of hydrogen-bond acceptors (Lipinski definition) is 3. The van der Waals surface area contributed by atoms with Crippen molar-refractivity contribution in [2.45, 2.75) is 32.4 Å². The molecule has 0 spiro atoms. The SMILES string of the molecule is CC(CO)SCCC(C)(C)C#N. The summed E-state index contributed by atoms with van der Waals surface area (Å²) in [6.07, 6.45) is 0.887. The molecular weight excluding hydrogens is 170 g/mol. The van der Waals surface area contributed by atoms with Gasteiger partial charge in [-0.05, 0) is 26.0 Å². The first-order valence-electron chi connectivity index (χ1n) is 4.15. The molecule has 2 nitrogen and oxygen atoms in total. The number of thioether (sulfide) groups is 1. The number of nitriles is 1. The number of rotatable bonds is 5. The molecule has 0 saturated heterocycles. The lowest BCUT2D eigenvalue weighted by atomic mass is 9.93. The van der Waals surface area contributed by atoms with Crippen LogP contribution in [0.4, 0.5) is 0 Å². The number of aliphatic hydroxyl groups excluding tert-OH is 1. The predicted octanol–water partition coefficient (Wildman–Crippen LogP) is 2.04. The summed E-state index contributed by atoms with van der Waals surface area (Å²) in [7, 11) is 0. The minimum absolute atomic E-state index is 0.220. The molecule has 0 rings (SSSR count). The average Bonchev–Trinajstić information content (AvgIpc) is 2.04. The summed E-state index contributed by atoms with van der Waals surface area (Å²) in [6.45, 7) is 6.09. The molecule has 0 aliphatic rings. The Morgan fingerprint density at radius 1 is 1.58 bits per heavy atom. The molecular formula is C9H17NOS. The van der Waals surface area contributed by atoms with Gasteiger partial charge in [0.1, 0.15) is 0 Å². The molecule has 3 heteroatoms. The van der Waals surface area contributed by atoms with Gasteiger partial charge >= 0.3 is 0 Å². The summed E-state index contributed by atoms with van der Waals surface area (Å²) in [4.78, 5) is 0. The van der Waals surface area contributed by atoms with E-state index in [-0.39, 0.29) is 12.0 Å². The lowest BCUT2D eigenvalue weighted by Crippen LogP contribution is -2.11. The van der Waals surface area contributed by atoms with Gasteiger partial charge in [0.2, 0.25) is 0 Å². The fourth-order valence-electron chi connectivity index (χ4n) is 0.624. The van der Waals surface area contributed by atoms with Crippen molar-refractivity contribution < 1.29 is 5.11 Å². The second-order valence-corrected chi connectivity index (χ2v) is 5.16. The summed E-state index contributed by atoms with van der Waals surface area (Å²) in [5, 5.41) is 17.7. The van der Waals surface area contributed by atoms with Gasteiger partial charge in [-0.15, -0.1) is 0 Å². The Balaban J connectivity index is 3.51. The molecule has 0 saturated carbocycles. The van der Waals surface area contributed by atoms with E-state index in [1.54, 1.807) is 11.8 Å². The van der Waals surface area contributed by atoms with Crippen molar-refractivity contribution in [1.29, 1.82) is 5.26 Å². The lowest BCUT2D eigenvalue weighted by molar-refractivity contribution is 0.300. The van der Waals surface area contributed by atoms with E-state index >= 15 is 0 Å². The van der Waals surface area contributed by atoms with Crippen molar-refractivity contribution in [3.05, 3.63) is 0 Å². The zero-order valence-electron chi connectivity index (χ0n) is 8.00. The second-order valence-electron chi connectivity index (χ2n) is 3.61. The van der Waals surface area contributed by atoms with Crippen molar-refractivity contribution in [1.82, 2.24) is 0 Å². The maximum absolute atomic E-state index is 8.74. The predicted molar refractivity (Wildman–Crippen MR) is 53.0 cm³/mol. The number of aliphatic hydroxyl groups is 1. The Morgan fingerprint density at radius 3 is 2.58 bits per heavy atom. The molecule has 12 heavy (non-hydrogen) atoms. The van der Waals surface area contributed by atoms with Gasteiger partial charge in [-0.2, -0.15) is 17.0 Å². The first-order chi connectivity index (χ1) is 5.52. The third-order valence-electron chi connectivity index (χ3n) is 1.69. The second kappa shape index (κ2) is 5.45. The van der Waals surface area contributed by atoms with Gasteiger partial charge in [0, 0.05) is 5.25 Å². The molecule has 0 aliphatic carbocycles. The van der Waals surface area contributed by atoms with Gasteiger partial charge in [-0.3, -0.25) is 0 Å². The Bertz CT molecular complexity index is 162. The monoisotopic (exact) mass is 187 g/mol. The van der Waals surface area contributed by atoms with Crippen LogP contribution in [-0.4, -0.2) is 22.7 Å². The minimum Gasteiger partial charge on any atom is -0.395 e. The van der Waals surface area contributed by atoms with Gasteiger partial charge in [0.25, 0.3) is 0 Å². The third kappa shape index (κ3) is 5.45. The third-order valence-corrected chi connectivity index (χ3v) is 2.85.